The van der Waals surface area contributed by atoms with E-state index in [9.17, 15) is 0 Å². The van der Waals surface area contributed by atoms with Gasteiger partial charge in [0.2, 0.25) is 0 Å². The van der Waals surface area contributed by atoms with Gasteiger partial charge in [0.15, 0.2) is 0 Å². The molecule has 0 saturated heterocycles. The fourth-order valence-corrected chi connectivity index (χ4v) is 2.70. The van der Waals surface area contributed by atoms with Crippen LogP contribution in [0, 0.1) is 0 Å². The van der Waals surface area contributed by atoms with Crippen molar-refractivity contribution < 1.29 is 0 Å². The Kier molecular flexibility index (Phi) is 6.45. The topological polar surface area (TPSA) is 15.3 Å². The third kappa shape index (κ3) is 5.00. The van der Waals surface area contributed by atoms with Crippen molar-refractivity contribution in [2.45, 2.75) is 18.9 Å². The summed E-state index contributed by atoms with van der Waals surface area (Å²) in [6, 6.07) is 22.0. The summed E-state index contributed by atoms with van der Waals surface area (Å²) in [5, 5.41) is 3.22. The molecule has 0 fully saturated rings. The number of benzene rings is 2. The highest BCUT2D eigenvalue weighted by Crippen LogP contribution is 2.24. The Morgan fingerprint density at radius 1 is 0.952 bits per heavy atom. The Balaban J connectivity index is 2.10. The van der Waals surface area contributed by atoms with Crippen LogP contribution in [-0.4, -0.2) is 32.1 Å². The van der Waals surface area contributed by atoms with Crippen molar-refractivity contribution in [2.24, 2.45) is 0 Å². The number of nitrogens with zero attached hydrogens (tertiary/aromatic N) is 1. The van der Waals surface area contributed by atoms with Crippen LogP contribution in [0.5, 0.6) is 0 Å². The quantitative estimate of drug-likeness (QED) is 0.745. The third-order valence-corrected chi connectivity index (χ3v) is 3.93. The van der Waals surface area contributed by atoms with Crippen molar-refractivity contribution in [2.75, 3.05) is 27.2 Å². The van der Waals surface area contributed by atoms with E-state index in [4.69, 9.17) is 0 Å². The summed E-state index contributed by atoms with van der Waals surface area (Å²) in [6.07, 6.45) is 2.23. The van der Waals surface area contributed by atoms with Crippen molar-refractivity contribution in [1.29, 1.82) is 0 Å². The molecule has 0 amide bonds. The minimum absolute atomic E-state index is 0.436. The highest BCUT2D eigenvalue weighted by Gasteiger charge is 2.16. The summed E-state index contributed by atoms with van der Waals surface area (Å²) in [6.45, 7) is 2.17. The van der Waals surface area contributed by atoms with Crippen LogP contribution in [0.2, 0.25) is 0 Å². The molecule has 1 N–H and O–H groups in total. The average molecular weight is 282 g/mol. The normalized spacial score (nSPS) is 12.5. The molecule has 2 nitrogen and oxygen atoms in total. The zero-order valence-electron chi connectivity index (χ0n) is 13.1. The lowest BCUT2D eigenvalue weighted by molar-refractivity contribution is 0.240. The average Bonchev–Trinajstić information content (AvgIpc) is 2.54. The number of likely N-dealkylation sites (N-methyl/N-ethyl adjacent to an activating group) is 1. The first-order valence-corrected chi connectivity index (χ1v) is 7.75. The van der Waals surface area contributed by atoms with Gasteiger partial charge >= 0.3 is 0 Å². The lowest BCUT2D eigenvalue weighted by atomic mass is 9.97. The second kappa shape index (κ2) is 8.60. The highest BCUT2D eigenvalue weighted by atomic mass is 15.1. The molecule has 1 atom stereocenters. The summed E-state index contributed by atoms with van der Waals surface area (Å²) in [5.41, 5.74) is 2.79. The van der Waals surface area contributed by atoms with Crippen molar-refractivity contribution in [3.8, 4) is 0 Å². The molecule has 0 spiro atoms. The Hall–Kier alpha value is -1.64. The van der Waals surface area contributed by atoms with Gasteiger partial charge in [0.25, 0.3) is 0 Å². The highest BCUT2D eigenvalue weighted by molar-refractivity contribution is 5.23. The summed E-state index contributed by atoms with van der Waals surface area (Å²) >= 11 is 0. The van der Waals surface area contributed by atoms with Crippen molar-refractivity contribution in [3.05, 3.63) is 71.8 Å². The summed E-state index contributed by atoms with van der Waals surface area (Å²) in [7, 11) is 4.24. The van der Waals surface area contributed by atoms with Gasteiger partial charge in [0.05, 0.1) is 0 Å². The third-order valence-electron chi connectivity index (χ3n) is 3.93. The molecule has 2 rings (SSSR count). The SMILES string of the molecule is CNCCCN(C)C(Cc1ccccc1)c1ccccc1. The molecule has 0 heterocycles. The molecular formula is C19H26N2. The van der Waals surface area contributed by atoms with E-state index in [1.54, 1.807) is 0 Å². The van der Waals surface area contributed by atoms with Crippen molar-refractivity contribution >= 4 is 0 Å². The van der Waals surface area contributed by atoms with Crippen LogP contribution in [0.1, 0.15) is 23.6 Å². The molecule has 2 aromatic carbocycles. The van der Waals surface area contributed by atoms with Gasteiger partial charge in [-0.25, -0.2) is 0 Å². The number of hydrogen-bond acceptors (Lipinski definition) is 2. The first-order valence-electron chi connectivity index (χ1n) is 7.75. The Morgan fingerprint density at radius 3 is 2.19 bits per heavy atom. The van der Waals surface area contributed by atoms with E-state index >= 15 is 0 Å². The number of hydrogen-bond donors (Lipinski definition) is 1. The number of rotatable bonds is 8. The van der Waals surface area contributed by atoms with Crippen molar-refractivity contribution in [3.63, 3.8) is 0 Å². The fourth-order valence-electron chi connectivity index (χ4n) is 2.70. The lowest BCUT2D eigenvalue weighted by Gasteiger charge is -2.29. The predicted octanol–water partition coefficient (Wildman–Crippen LogP) is 3.51. The van der Waals surface area contributed by atoms with E-state index in [1.807, 2.05) is 7.05 Å². The fraction of sp³-hybridized carbons (Fsp3) is 0.368. The second-order valence-corrected chi connectivity index (χ2v) is 5.55. The van der Waals surface area contributed by atoms with Gasteiger partial charge in [-0.2, -0.15) is 0 Å². The van der Waals surface area contributed by atoms with Crippen molar-refractivity contribution in [1.82, 2.24) is 10.2 Å². The first-order chi connectivity index (χ1) is 10.3. The molecule has 0 bridgehead atoms. The van der Waals surface area contributed by atoms with E-state index < -0.39 is 0 Å². The second-order valence-electron chi connectivity index (χ2n) is 5.55. The molecule has 0 radical (unpaired) electrons. The van der Waals surface area contributed by atoms with Gasteiger partial charge in [0, 0.05) is 6.04 Å². The maximum atomic E-state index is 3.22. The van der Waals surface area contributed by atoms with Gasteiger partial charge in [0.1, 0.15) is 0 Å². The minimum atomic E-state index is 0.436. The zero-order chi connectivity index (χ0) is 14.9. The zero-order valence-corrected chi connectivity index (χ0v) is 13.1. The van der Waals surface area contributed by atoms with E-state index in [-0.39, 0.29) is 0 Å². The maximum Gasteiger partial charge on any atom is 0.0385 e. The molecule has 0 aliphatic carbocycles. The van der Waals surface area contributed by atoms with Crippen LogP contribution in [0.25, 0.3) is 0 Å². The molecular weight excluding hydrogens is 256 g/mol. The van der Waals surface area contributed by atoms with Crippen LogP contribution in [0.3, 0.4) is 0 Å². The van der Waals surface area contributed by atoms with Gasteiger partial charge in [-0.3, -0.25) is 4.90 Å². The van der Waals surface area contributed by atoms with Gasteiger partial charge in [-0.05, 0) is 51.2 Å². The predicted molar refractivity (Wildman–Crippen MR) is 90.5 cm³/mol. The molecule has 0 aliphatic heterocycles. The molecule has 0 aliphatic rings. The van der Waals surface area contributed by atoms with Crippen LogP contribution in [0.4, 0.5) is 0 Å². The summed E-state index contributed by atoms with van der Waals surface area (Å²) < 4.78 is 0. The molecule has 21 heavy (non-hydrogen) atoms. The molecule has 0 saturated carbocycles. The van der Waals surface area contributed by atoms with E-state index in [1.165, 1.54) is 17.5 Å². The molecule has 1 unspecified atom stereocenters. The van der Waals surface area contributed by atoms with Gasteiger partial charge in [-0.15, -0.1) is 0 Å². The Labute approximate surface area is 128 Å². The molecule has 2 aromatic rings. The van der Waals surface area contributed by atoms with Crippen LogP contribution >= 0.6 is 0 Å². The van der Waals surface area contributed by atoms with Crippen LogP contribution < -0.4 is 5.32 Å². The largest absolute Gasteiger partial charge is 0.320 e. The van der Waals surface area contributed by atoms with E-state index in [2.05, 4.69) is 77.9 Å². The molecule has 2 heteroatoms. The first kappa shape index (κ1) is 15.7. The maximum absolute atomic E-state index is 3.22. The van der Waals surface area contributed by atoms with Gasteiger partial charge in [-0.1, -0.05) is 60.7 Å². The Bertz CT molecular complexity index is 495. The van der Waals surface area contributed by atoms with Crippen LogP contribution in [0.15, 0.2) is 60.7 Å². The smallest absolute Gasteiger partial charge is 0.0385 e. The van der Waals surface area contributed by atoms with E-state index in [0.29, 0.717) is 6.04 Å². The number of nitrogens with one attached hydrogen (secondary N) is 1. The summed E-state index contributed by atoms with van der Waals surface area (Å²) in [5.74, 6) is 0. The van der Waals surface area contributed by atoms with E-state index in [0.717, 1.165) is 19.5 Å². The Morgan fingerprint density at radius 2 is 1.57 bits per heavy atom. The van der Waals surface area contributed by atoms with Crippen LogP contribution in [-0.2, 0) is 6.42 Å². The summed E-state index contributed by atoms with van der Waals surface area (Å²) in [4.78, 5) is 2.47. The minimum Gasteiger partial charge on any atom is -0.320 e. The standard InChI is InChI=1S/C19H26N2/c1-20-14-9-15-21(2)19(18-12-7-4-8-13-18)16-17-10-5-3-6-11-17/h3-8,10-13,19-20H,9,14-16H2,1-2H3. The monoisotopic (exact) mass is 282 g/mol. The molecule has 112 valence electrons. The lowest BCUT2D eigenvalue weighted by Crippen LogP contribution is -2.29. The van der Waals surface area contributed by atoms with Gasteiger partial charge < -0.3 is 5.32 Å². The molecule has 0 aromatic heterocycles.